The minimum atomic E-state index is -0.363. The zero-order valence-corrected chi connectivity index (χ0v) is 13.4. The van der Waals surface area contributed by atoms with Gasteiger partial charge in [-0.3, -0.25) is 4.68 Å². The number of aromatic nitrogens is 4. The number of benzene rings is 1. The van der Waals surface area contributed by atoms with E-state index in [-0.39, 0.29) is 25.5 Å². The Morgan fingerprint density at radius 3 is 3.00 bits per heavy atom. The number of nitrogens with zero attached hydrogens (tertiary/aromatic N) is 5. The average Bonchev–Trinajstić information content (AvgIpc) is 3.22. The second-order valence-corrected chi connectivity index (χ2v) is 5.45. The van der Waals surface area contributed by atoms with Crippen LogP contribution in [0.5, 0.6) is 0 Å². The monoisotopic (exact) mass is 340 g/mol. The van der Waals surface area contributed by atoms with Crippen LogP contribution in [0, 0.1) is 11.3 Å². The van der Waals surface area contributed by atoms with Gasteiger partial charge in [-0.25, -0.2) is 9.37 Å². The first-order valence-electron chi connectivity index (χ1n) is 7.74. The summed E-state index contributed by atoms with van der Waals surface area (Å²) in [5, 5.41) is 22.7. The smallest absolute Gasteiger partial charge is 0.117 e. The van der Waals surface area contributed by atoms with E-state index in [1.807, 2.05) is 0 Å². The van der Waals surface area contributed by atoms with E-state index in [9.17, 15) is 9.65 Å². The molecule has 3 aromatic rings. The van der Waals surface area contributed by atoms with Crippen molar-refractivity contribution in [2.24, 2.45) is 5.73 Å². The molecule has 8 heteroatoms. The summed E-state index contributed by atoms with van der Waals surface area (Å²) in [6.07, 6.45) is 4.58. The van der Waals surface area contributed by atoms with Crippen molar-refractivity contribution < 1.29 is 9.50 Å². The summed E-state index contributed by atoms with van der Waals surface area (Å²) in [6.45, 7) is 0.483. The van der Waals surface area contributed by atoms with Gasteiger partial charge in [0.2, 0.25) is 0 Å². The highest BCUT2D eigenvalue weighted by atomic mass is 19.1. The second-order valence-electron chi connectivity index (χ2n) is 5.45. The van der Waals surface area contributed by atoms with Gasteiger partial charge in [0, 0.05) is 18.3 Å². The fourth-order valence-electron chi connectivity index (χ4n) is 2.64. The summed E-state index contributed by atoms with van der Waals surface area (Å²) in [6, 6.07) is 7.28. The first kappa shape index (κ1) is 16.8. The van der Waals surface area contributed by atoms with Crippen molar-refractivity contribution in [2.45, 2.75) is 13.1 Å². The van der Waals surface area contributed by atoms with Gasteiger partial charge in [0.05, 0.1) is 54.4 Å². The number of imidazole rings is 1. The third kappa shape index (κ3) is 3.42. The van der Waals surface area contributed by atoms with Crippen molar-refractivity contribution in [3.8, 4) is 17.3 Å². The zero-order chi connectivity index (χ0) is 17.8. The fraction of sp³-hybridized carbons (Fsp3) is 0.235. The van der Waals surface area contributed by atoms with Crippen LogP contribution in [0.25, 0.3) is 22.3 Å². The molecule has 0 saturated heterocycles. The van der Waals surface area contributed by atoms with Gasteiger partial charge >= 0.3 is 0 Å². The summed E-state index contributed by atoms with van der Waals surface area (Å²) in [4.78, 5) is 4.37. The molecule has 25 heavy (non-hydrogen) atoms. The average molecular weight is 340 g/mol. The molecule has 3 rings (SSSR count). The molecule has 1 aromatic carbocycles. The Balaban J connectivity index is 2.11. The number of nitrogens with two attached hydrogens (primary N) is 1. The number of hydrogen-bond acceptors (Lipinski definition) is 5. The molecule has 7 nitrogen and oxygen atoms in total. The largest absolute Gasteiger partial charge is 0.394 e. The molecule has 0 unspecified atom stereocenters. The highest BCUT2D eigenvalue weighted by Gasteiger charge is 2.14. The van der Waals surface area contributed by atoms with Crippen molar-refractivity contribution in [1.29, 1.82) is 5.26 Å². The molecule has 2 aromatic heterocycles. The lowest BCUT2D eigenvalue weighted by Crippen LogP contribution is -2.02. The standard InChI is InChI=1S/C17H17FN6O/c18-13(1-3-19)10-23-11-21-17-14(7-12(9-20)8-16(17)23)15-2-4-24(22-15)5-6-25/h1-2,4,7-8,11,25H,3,5-6,10,19H2. The third-order valence-electron chi connectivity index (χ3n) is 3.76. The normalized spacial score (nSPS) is 11.8. The van der Waals surface area contributed by atoms with E-state index >= 15 is 0 Å². The van der Waals surface area contributed by atoms with E-state index in [2.05, 4.69) is 16.2 Å². The highest BCUT2D eigenvalue weighted by molar-refractivity contribution is 5.92. The maximum Gasteiger partial charge on any atom is 0.117 e. The van der Waals surface area contributed by atoms with Gasteiger partial charge in [0.15, 0.2) is 0 Å². The Kier molecular flexibility index (Phi) is 4.88. The summed E-state index contributed by atoms with van der Waals surface area (Å²) in [5.74, 6) is -0.363. The molecule has 0 aliphatic carbocycles. The van der Waals surface area contributed by atoms with E-state index < -0.39 is 0 Å². The zero-order valence-electron chi connectivity index (χ0n) is 13.4. The number of rotatable bonds is 6. The first-order valence-corrected chi connectivity index (χ1v) is 7.74. The first-order chi connectivity index (χ1) is 12.2. The number of hydrogen-bond donors (Lipinski definition) is 2. The van der Waals surface area contributed by atoms with Crippen molar-refractivity contribution in [1.82, 2.24) is 19.3 Å². The minimum Gasteiger partial charge on any atom is -0.394 e. The number of aliphatic hydroxyl groups excluding tert-OH is 1. The molecule has 0 fully saturated rings. The van der Waals surface area contributed by atoms with Crippen LogP contribution in [0.15, 0.2) is 42.6 Å². The Hall–Kier alpha value is -3.02. The molecule has 128 valence electrons. The molecule has 3 N–H and O–H groups in total. The number of aliphatic hydroxyl groups is 1. The Labute approximate surface area is 143 Å². The van der Waals surface area contributed by atoms with Gasteiger partial charge in [-0.1, -0.05) is 0 Å². The van der Waals surface area contributed by atoms with Crippen LogP contribution in [0.3, 0.4) is 0 Å². The predicted molar refractivity (Wildman–Crippen MR) is 91.0 cm³/mol. The second kappa shape index (κ2) is 7.25. The summed E-state index contributed by atoms with van der Waals surface area (Å²) in [5.41, 5.74) is 8.37. The molecule has 0 aliphatic heterocycles. The van der Waals surface area contributed by atoms with Crippen LogP contribution in [0.2, 0.25) is 0 Å². The number of nitriles is 1. The van der Waals surface area contributed by atoms with Crippen LogP contribution in [0.4, 0.5) is 4.39 Å². The topological polar surface area (TPSA) is 106 Å². The van der Waals surface area contributed by atoms with Crippen LogP contribution in [0.1, 0.15) is 5.56 Å². The molecule has 2 heterocycles. The SMILES string of the molecule is N#Cc1cc(-c2ccn(CCO)n2)c2ncn(CC(F)=CCN)c2c1. The van der Waals surface area contributed by atoms with Gasteiger partial charge in [-0.2, -0.15) is 10.4 Å². The van der Waals surface area contributed by atoms with Crippen molar-refractivity contribution in [3.63, 3.8) is 0 Å². The van der Waals surface area contributed by atoms with Gasteiger partial charge in [-0.05, 0) is 24.3 Å². The number of allylic oxidation sites excluding steroid dienone is 1. The van der Waals surface area contributed by atoms with E-state index in [4.69, 9.17) is 10.8 Å². The summed E-state index contributed by atoms with van der Waals surface area (Å²) >= 11 is 0. The Bertz CT molecular complexity index is 965. The molecular formula is C17H17FN6O. The molecule has 0 radical (unpaired) electrons. The van der Waals surface area contributed by atoms with Crippen LogP contribution >= 0.6 is 0 Å². The van der Waals surface area contributed by atoms with Crippen LogP contribution in [-0.2, 0) is 13.1 Å². The third-order valence-corrected chi connectivity index (χ3v) is 3.76. The summed E-state index contributed by atoms with van der Waals surface area (Å²) < 4.78 is 17.1. The van der Waals surface area contributed by atoms with Gasteiger partial charge in [-0.15, -0.1) is 0 Å². The maximum absolute atomic E-state index is 13.8. The van der Waals surface area contributed by atoms with Crippen LogP contribution < -0.4 is 5.73 Å². The lowest BCUT2D eigenvalue weighted by atomic mass is 10.1. The molecule has 0 saturated carbocycles. The lowest BCUT2D eigenvalue weighted by molar-refractivity contribution is 0.269. The highest BCUT2D eigenvalue weighted by Crippen LogP contribution is 2.28. The lowest BCUT2D eigenvalue weighted by Gasteiger charge is -2.05. The minimum absolute atomic E-state index is 0.000967. The summed E-state index contributed by atoms with van der Waals surface area (Å²) in [7, 11) is 0. The maximum atomic E-state index is 13.8. The van der Waals surface area contributed by atoms with Gasteiger partial charge < -0.3 is 15.4 Å². The molecular weight excluding hydrogens is 323 g/mol. The molecule has 0 spiro atoms. The van der Waals surface area contributed by atoms with Crippen molar-refractivity contribution in [2.75, 3.05) is 13.2 Å². The fourth-order valence-corrected chi connectivity index (χ4v) is 2.64. The van der Waals surface area contributed by atoms with E-state index in [0.29, 0.717) is 34.4 Å². The van der Waals surface area contributed by atoms with E-state index in [1.165, 1.54) is 12.4 Å². The molecule has 0 amide bonds. The van der Waals surface area contributed by atoms with E-state index in [0.717, 1.165) is 0 Å². The number of halogens is 1. The van der Waals surface area contributed by atoms with Crippen LogP contribution in [-0.4, -0.2) is 37.6 Å². The Morgan fingerprint density at radius 2 is 2.28 bits per heavy atom. The molecule has 0 atom stereocenters. The molecule has 0 bridgehead atoms. The number of fused-ring (bicyclic) bond motifs is 1. The van der Waals surface area contributed by atoms with E-state index in [1.54, 1.807) is 33.6 Å². The molecule has 0 aliphatic rings. The Morgan fingerprint density at radius 1 is 1.44 bits per heavy atom. The van der Waals surface area contributed by atoms with Gasteiger partial charge in [0.25, 0.3) is 0 Å². The quantitative estimate of drug-likeness (QED) is 0.708. The van der Waals surface area contributed by atoms with Crippen molar-refractivity contribution in [3.05, 3.63) is 48.2 Å². The predicted octanol–water partition coefficient (Wildman–Crippen LogP) is 1.58. The van der Waals surface area contributed by atoms with Crippen molar-refractivity contribution >= 4 is 11.0 Å². The van der Waals surface area contributed by atoms with Gasteiger partial charge in [0.1, 0.15) is 5.83 Å².